The monoisotopic (exact) mass is 368 g/mol. The smallest absolute Gasteiger partial charge is 0.353 e. The van der Waals surface area contributed by atoms with E-state index in [1.54, 1.807) is 14.2 Å². The van der Waals surface area contributed by atoms with E-state index in [2.05, 4.69) is 21.8 Å². The minimum Gasteiger partial charge on any atom is -0.383 e. The number of rotatable bonds is 10. The van der Waals surface area contributed by atoms with Crippen molar-refractivity contribution in [3.63, 3.8) is 0 Å². The van der Waals surface area contributed by atoms with Gasteiger partial charge in [-0.05, 0) is 6.54 Å². The van der Waals surface area contributed by atoms with Crippen LogP contribution in [-0.4, -0.2) is 93.0 Å². The third-order valence-corrected chi connectivity index (χ3v) is 4.52. The molecule has 0 unspecified atom stereocenters. The van der Waals surface area contributed by atoms with Gasteiger partial charge in [0.15, 0.2) is 0 Å². The van der Waals surface area contributed by atoms with Crippen molar-refractivity contribution in [1.82, 2.24) is 14.9 Å². The first-order chi connectivity index (χ1) is 12.6. The summed E-state index contributed by atoms with van der Waals surface area (Å²) in [6.07, 6.45) is 1.40. The summed E-state index contributed by atoms with van der Waals surface area (Å²) in [5, 5.41) is 11.9. The summed E-state index contributed by atoms with van der Waals surface area (Å²) in [6, 6.07) is 0. The third kappa shape index (κ3) is 4.99. The molecule has 0 radical (unpaired) electrons. The van der Waals surface area contributed by atoms with Crippen molar-refractivity contribution in [2.24, 2.45) is 0 Å². The molecule has 0 aliphatic carbocycles. The number of methoxy groups -OCH3 is 2. The number of piperazine rings is 1. The lowest BCUT2D eigenvalue weighted by atomic mass is 10.3. The summed E-state index contributed by atoms with van der Waals surface area (Å²) >= 11 is 0. The molecule has 1 saturated heterocycles. The van der Waals surface area contributed by atoms with Crippen LogP contribution in [0.4, 0.5) is 17.3 Å². The average Bonchev–Trinajstić information content (AvgIpc) is 2.67. The molecule has 146 valence electrons. The summed E-state index contributed by atoms with van der Waals surface area (Å²) in [4.78, 5) is 26.0. The predicted octanol–water partition coefficient (Wildman–Crippen LogP) is 0.626. The van der Waals surface area contributed by atoms with Gasteiger partial charge in [-0.15, -0.1) is 0 Å². The zero-order chi connectivity index (χ0) is 18.9. The highest BCUT2D eigenvalue weighted by molar-refractivity contribution is 5.71. The van der Waals surface area contributed by atoms with Crippen LogP contribution in [0.1, 0.15) is 6.92 Å². The minimum atomic E-state index is -0.385. The number of hydrogen-bond acceptors (Lipinski definition) is 9. The van der Waals surface area contributed by atoms with Crippen LogP contribution < -0.4 is 9.80 Å². The molecule has 1 aliphatic heterocycles. The Hall–Kier alpha value is -2.04. The maximum absolute atomic E-state index is 11.9. The zero-order valence-corrected chi connectivity index (χ0v) is 15.8. The molecule has 0 atom stereocenters. The van der Waals surface area contributed by atoms with E-state index in [4.69, 9.17) is 9.47 Å². The number of hydrogen-bond donors (Lipinski definition) is 0. The molecule has 0 N–H and O–H groups in total. The second kappa shape index (κ2) is 10.2. The number of anilines is 2. The molecule has 26 heavy (non-hydrogen) atoms. The Bertz CT molecular complexity index is 572. The molecule has 1 aliphatic rings. The first kappa shape index (κ1) is 20.3. The number of nitrogens with zero attached hydrogens (tertiary/aromatic N) is 6. The summed E-state index contributed by atoms with van der Waals surface area (Å²) in [7, 11) is 3.20. The van der Waals surface area contributed by atoms with Crippen molar-refractivity contribution in [3.05, 3.63) is 16.4 Å². The third-order valence-electron chi connectivity index (χ3n) is 4.52. The normalized spacial score (nSPS) is 15.3. The fraction of sp³-hybridized carbons (Fsp3) is 0.750. The van der Waals surface area contributed by atoms with Gasteiger partial charge < -0.3 is 24.2 Å². The van der Waals surface area contributed by atoms with E-state index in [-0.39, 0.29) is 10.6 Å². The molecule has 0 amide bonds. The summed E-state index contributed by atoms with van der Waals surface area (Å²) < 4.78 is 10.3. The van der Waals surface area contributed by atoms with Crippen LogP contribution in [-0.2, 0) is 9.47 Å². The lowest BCUT2D eigenvalue weighted by Crippen LogP contribution is -2.46. The number of ether oxygens (including phenoxy) is 2. The lowest BCUT2D eigenvalue weighted by molar-refractivity contribution is -0.383. The topological polar surface area (TPSA) is 97.1 Å². The average molecular weight is 368 g/mol. The van der Waals surface area contributed by atoms with E-state index in [1.165, 1.54) is 6.33 Å². The summed E-state index contributed by atoms with van der Waals surface area (Å²) in [5.74, 6) is 0.697. The molecule has 0 spiro atoms. The van der Waals surface area contributed by atoms with Crippen molar-refractivity contribution < 1.29 is 14.4 Å². The number of likely N-dealkylation sites (N-methyl/N-ethyl adjacent to an activating group) is 1. The Kier molecular flexibility index (Phi) is 7.95. The van der Waals surface area contributed by atoms with Crippen molar-refractivity contribution >= 4 is 17.3 Å². The Balaban J connectivity index is 2.32. The minimum absolute atomic E-state index is 0.0512. The van der Waals surface area contributed by atoms with Crippen molar-refractivity contribution in [2.45, 2.75) is 6.92 Å². The highest BCUT2D eigenvalue weighted by Gasteiger charge is 2.31. The number of nitro groups is 1. The van der Waals surface area contributed by atoms with Gasteiger partial charge >= 0.3 is 5.69 Å². The second-order valence-electron chi connectivity index (χ2n) is 6.02. The Morgan fingerprint density at radius 3 is 2.27 bits per heavy atom. The van der Waals surface area contributed by atoms with Gasteiger partial charge in [-0.25, -0.2) is 9.97 Å². The van der Waals surface area contributed by atoms with Gasteiger partial charge in [-0.3, -0.25) is 10.1 Å². The Morgan fingerprint density at radius 1 is 1.15 bits per heavy atom. The van der Waals surface area contributed by atoms with Crippen LogP contribution in [0.2, 0.25) is 0 Å². The molecule has 0 aromatic carbocycles. The summed E-state index contributed by atoms with van der Waals surface area (Å²) in [5.41, 5.74) is -0.0512. The van der Waals surface area contributed by atoms with Gasteiger partial charge in [0.1, 0.15) is 6.33 Å². The molecule has 2 rings (SSSR count). The molecular formula is C16H28N6O4. The van der Waals surface area contributed by atoms with Crippen LogP contribution in [0, 0.1) is 10.1 Å². The first-order valence-corrected chi connectivity index (χ1v) is 8.81. The SMILES string of the molecule is CCN1CCN(c2ncnc(N(CCOC)CCOC)c2[N+](=O)[O-])CC1. The van der Waals surface area contributed by atoms with Crippen molar-refractivity contribution in [2.75, 3.05) is 83.0 Å². The Morgan fingerprint density at radius 2 is 1.77 bits per heavy atom. The highest BCUT2D eigenvalue weighted by atomic mass is 16.6. The largest absolute Gasteiger partial charge is 0.383 e. The first-order valence-electron chi connectivity index (χ1n) is 8.81. The lowest BCUT2D eigenvalue weighted by Gasteiger charge is -2.34. The fourth-order valence-electron chi connectivity index (χ4n) is 2.99. The van der Waals surface area contributed by atoms with Gasteiger partial charge in [0.2, 0.25) is 11.6 Å². The van der Waals surface area contributed by atoms with Crippen LogP contribution in [0.25, 0.3) is 0 Å². The quantitative estimate of drug-likeness (QED) is 0.435. The van der Waals surface area contributed by atoms with E-state index in [0.29, 0.717) is 51.0 Å². The number of aromatic nitrogens is 2. The molecule has 1 aromatic rings. The summed E-state index contributed by atoms with van der Waals surface area (Å²) in [6.45, 7) is 8.10. The van der Waals surface area contributed by atoms with E-state index >= 15 is 0 Å². The molecule has 2 heterocycles. The molecule has 0 saturated carbocycles. The molecule has 1 fully saturated rings. The van der Waals surface area contributed by atoms with Crippen molar-refractivity contribution in [3.8, 4) is 0 Å². The maximum atomic E-state index is 11.9. The van der Waals surface area contributed by atoms with Crippen LogP contribution in [0.5, 0.6) is 0 Å². The molecular weight excluding hydrogens is 340 g/mol. The van der Waals surface area contributed by atoms with Gasteiger partial charge in [-0.1, -0.05) is 6.92 Å². The van der Waals surface area contributed by atoms with E-state index in [1.807, 2.05) is 9.80 Å². The second-order valence-corrected chi connectivity index (χ2v) is 6.02. The fourth-order valence-corrected chi connectivity index (χ4v) is 2.99. The van der Waals surface area contributed by atoms with Gasteiger partial charge in [0.05, 0.1) is 18.1 Å². The van der Waals surface area contributed by atoms with Gasteiger partial charge in [0.25, 0.3) is 0 Å². The van der Waals surface area contributed by atoms with E-state index < -0.39 is 0 Å². The predicted molar refractivity (Wildman–Crippen MR) is 99.0 cm³/mol. The van der Waals surface area contributed by atoms with E-state index in [9.17, 15) is 10.1 Å². The van der Waals surface area contributed by atoms with Crippen LogP contribution in [0.15, 0.2) is 6.33 Å². The zero-order valence-electron chi connectivity index (χ0n) is 15.8. The van der Waals surface area contributed by atoms with Gasteiger partial charge in [0, 0.05) is 53.5 Å². The molecule has 0 bridgehead atoms. The molecule has 10 nitrogen and oxygen atoms in total. The standard InChI is InChI=1S/C16H28N6O4/c1-4-19-5-7-20(8-6-19)15-14(22(23)24)16(18-13-17-15)21(9-11-25-2)10-12-26-3/h13H,4-12H2,1-3H3. The van der Waals surface area contributed by atoms with E-state index in [0.717, 1.165) is 19.6 Å². The molecule has 10 heteroatoms. The Labute approximate surface area is 153 Å². The molecule has 1 aromatic heterocycles. The maximum Gasteiger partial charge on any atom is 0.353 e. The van der Waals surface area contributed by atoms with Crippen LogP contribution in [0.3, 0.4) is 0 Å². The van der Waals surface area contributed by atoms with Crippen molar-refractivity contribution in [1.29, 1.82) is 0 Å². The van der Waals surface area contributed by atoms with Crippen LogP contribution >= 0.6 is 0 Å². The van der Waals surface area contributed by atoms with Gasteiger partial charge in [-0.2, -0.15) is 0 Å². The highest BCUT2D eigenvalue weighted by Crippen LogP contribution is 2.34.